The quantitative estimate of drug-likeness (QED) is 0.762. The normalized spacial score (nSPS) is 15.3. The molecule has 0 bridgehead atoms. The number of hydrogen-bond acceptors (Lipinski definition) is 2. The number of carbonyl (C=O) groups excluding carboxylic acids is 1. The fraction of sp³-hybridized carbons (Fsp3) is 0.381. The molecular formula is C21H24Cl2N2O. The molecule has 1 fully saturated rings. The van der Waals surface area contributed by atoms with Crippen molar-refractivity contribution in [2.75, 3.05) is 32.7 Å². The summed E-state index contributed by atoms with van der Waals surface area (Å²) in [5.41, 5.74) is 3.42. The lowest BCUT2D eigenvalue weighted by Gasteiger charge is -2.35. The van der Waals surface area contributed by atoms with Gasteiger partial charge in [0.1, 0.15) is 0 Å². The molecule has 1 aliphatic heterocycles. The minimum Gasteiger partial charge on any atom is -0.340 e. The molecule has 0 aliphatic carbocycles. The summed E-state index contributed by atoms with van der Waals surface area (Å²) in [6.45, 7) is 6.40. The van der Waals surface area contributed by atoms with Crippen molar-refractivity contribution in [2.24, 2.45) is 0 Å². The third-order valence-corrected chi connectivity index (χ3v) is 5.50. The number of amides is 1. The lowest BCUT2D eigenvalue weighted by molar-refractivity contribution is -0.132. The molecule has 1 heterocycles. The maximum Gasteiger partial charge on any atom is 0.227 e. The first kappa shape index (κ1) is 19.2. The smallest absolute Gasteiger partial charge is 0.227 e. The number of rotatable bonds is 5. The average molecular weight is 391 g/mol. The SMILES string of the molecule is Cc1ccc(CC(=O)N2CCN(CCc3ccc(Cl)cc3Cl)CC2)cc1. The zero-order valence-electron chi connectivity index (χ0n) is 15.0. The highest BCUT2D eigenvalue weighted by atomic mass is 35.5. The van der Waals surface area contributed by atoms with Crippen LogP contribution in [0, 0.1) is 6.92 Å². The Morgan fingerprint density at radius 1 is 1.00 bits per heavy atom. The van der Waals surface area contributed by atoms with Gasteiger partial charge in [0.25, 0.3) is 0 Å². The van der Waals surface area contributed by atoms with E-state index in [1.807, 2.05) is 29.2 Å². The Kier molecular flexibility index (Phi) is 6.58. The molecule has 1 saturated heterocycles. The highest BCUT2D eigenvalue weighted by molar-refractivity contribution is 6.35. The molecule has 0 spiro atoms. The fourth-order valence-corrected chi connectivity index (χ4v) is 3.72. The largest absolute Gasteiger partial charge is 0.340 e. The number of piperazine rings is 1. The first-order valence-corrected chi connectivity index (χ1v) is 9.76. The highest BCUT2D eigenvalue weighted by Gasteiger charge is 2.21. The highest BCUT2D eigenvalue weighted by Crippen LogP contribution is 2.21. The molecule has 2 aromatic rings. The summed E-state index contributed by atoms with van der Waals surface area (Å²) in [4.78, 5) is 16.9. The topological polar surface area (TPSA) is 23.6 Å². The average Bonchev–Trinajstić information content (AvgIpc) is 2.63. The van der Waals surface area contributed by atoms with Crippen LogP contribution >= 0.6 is 23.2 Å². The van der Waals surface area contributed by atoms with Crippen LogP contribution in [0.5, 0.6) is 0 Å². The van der Waals surface area contributed by atoms with Gasteiger partial charge >= 0.3 is 0 Å². The Bertz CT molecular complexity index is 753. The standard InChI is InChI=1S/C21H24Cl2N2O/c1-16-2-4-17(5-3-16)14-21(26)25-12-10-24(11-13-25)9-8-18-6-7-19(22)15-20(18)23/h2-7,15H,8-14H2,1H3. The van der Waals surface area contributed by atoms with Crippen LogP contribution in [0.25, 0.3) is 0 Å². The summed E-state index contributed by atoms with van der Waals surface area (Å²) < 4.78 is 0. The maximum atomic E-state index is 12.5. The van der Waals surface area contributed by atoms with Crippen molar-refractivity contribution in [3.63, 3.8) is 0 Å². The number of aryl methyl sites for hydroxylation is 1. The summed E-state index contributed by atoms with van der Waals surface area (Å²) in [6.07, 6.45) is 1.38. The van der Waals surface area contributed by atoms with E-state index < -0.39 is 0 Å². The predicted octanol–water partition coefficient (Wildman–Crippen LogP) is 4.23. The Morgan fingerprint density at radius 2 is 1.69 bits per heavy atom. The Balaban J connectivity index is 1.44. The number of halogens is 2. The lowest BCUT2D eigenvalue weighted by Crippen LogP contribution is -2.49. The van der Waals surface area contributed by atoms with Gasteiger partial charge in [0.15, 0.2) is 0 Å². The van der Waals surface area contributed by atoms with Crippen molar-refractivity contribution in [3.05, 3.63) is 69.2 Å². The minimum atomic E-state index is 0.217. The first-order valence-electron chi connectivity index (χ1n) is 9.01. The van der Waals surface area contributed by atoms with Gasteiger partial charge in [0.05, 0.1) is 6.42 Å². The van der Waals surface area contributed by atoms with E-state index in [1.165, 1.54) is 5.56 Å². The van der Waals surface area contributed by atoms with Crippen molar-refractivity contribution in [1.29, 1.82) is 0 Å². The van der Waals surface area contributed by atoms with Crippen LogP contribution in [-0.2, 0) is 17.6 Å². The molecule has 2 aromatic carbocycles. The van der Waals surface area contributed by atoms with Crippen molar-refractivity contribution in [3.8, 4) is 0 Å². The zero-order valence-corrected chi connectivity index (χ0v) is 16.6. The van der Waals surface area contributed by atoms with E-state index >= 15 is 0 Å². The Hall–Kier alpha value is -1.55. The van der Waals surface area contributed by atoms with Crippen molar-refractivity contribution >= 4 is 29.1 Å². The van der Waals surface area contributed by atoms with Crippen LogP contribution in [0.2, 0.25) is 10.0 Å². The third-order valence-electron chi connectivity index (χ3n) is 4.91. The molecule has 0 aromatic heterocycles. The molecule has 0 atom stereocenters. The molecule has 3 rings (SSSR count). The van der Waals surface area contributed by atoms with Gasteiger partial charge in [0, 0.05) is 42.8 Å². The van der Waals surface area contributed by atoms with Gasteiger partial charge in [0.2, 0.25) is 5.91 Å². The van der Waals surface area contributed by atoms with Gasteiger partial charge in [-0.15, -0.1) is 0 Å². The summed E-state index contributed by atoms with van der Waals surface area (Å²) in [5, 5.41) is 1.39. The molecule has 0 unspecified atom stereocenters. The summed E-state index contributed by atoms with van der Waals surface area (Å²) in [5.74, 6) is 0.217. The molecule has 26 heavy (non-hydrogen) atoms. The van der Waals surface area contributed by atoms with Crippen LogP contribution in [0.1, 0.15) is 16.7 Å². The number of nitrogens with zero attached hydrogens (tertiary/aromatic N) is 2. The van der Waals surface area contributed by atoms with Gasteiger partial charge in [-0.3, -0.25) is 9.69 Å². The molecule has 0 saturated carbocycles. The van der Waals surface area contributed by atoms with E-state index in [1.54, 1.807) is 6.07 Å². The molecule has 5 heteroatoms. The van der Waals surface area contributed by atoms with Gasteiger partial charge in [-0.2, -0.15) is 0 Å². The summed E-state index contributed by atoms with van der Waals surface area (Å²) in [6, 6.07) is 13.9. The second-order valence-corrected chi connectivity index (χ2v) is 7.71. The minimum absolute atomic E-state index is 0.217. The third kappa shape index (κ3) is 5.23. The van der Waals surface area contributed by atoms with Crippen molar-refractivity contribution in [1.82, 2.24) is 9.80 Å². The Morgan fingerprint density at radius 3 is 2.35 bits per heavy atom. The van der Waals surface area contributed by atoms with Crippen LogP contribution in [0.15, 0.2) is 42.5 Å². The number of carbonyl (C=O) groups is 1. The van der Waals surface area contributed by atoms with Gasteiger partial charge < -0.3 is 4.90 Å². The molecule has 1 aliphatic rings. The molecule has 3 nitrogen and oxygen atoms in total. The molecule has 0 radical (unpaired) electrons. The Labute approximate surface area is 165 Å². The second kappa shape index (κ2) is 8.90. The van der Waals surface area contributed by atoms with Gasteiger partial charge in [-0.1, -0.05) is 59.1 Å². The van der Waals surface area contributed by atoms with E-state index in [9.17, 15) is 4.79 Å². The van der Waals surface area contributed by atoms with Crippen molar-refractivity contribution in [2.45, 2.75) is 19.8 Å². The van der Waals surface area contributed by atoms with E-state index in [-0.39, 0.29) is 5.91 Å². The van der Waals surface area contributed by atoms with Crippen LogP contribution < -0.4 is 0 Å². The van der Waals surface area contributed by atoms with Gasteiger partial charge in [-0.25, -0.2) is 0 Å². The predicted molar refractivity (Wildman–Crippen MR) is 108 cm³/mol. The van der Waals surface area contributed by atoms with Gasteiger partial charge in [-0.05, 0) is 36.6 Å². The van der Waals surface area contributed by atoms with Crippen LogP contribution in [0.3, 0.4) is 0 Å². The number of benzene rings is 2. The van der Waals surface area contributed by atoms with Crippen LogP contribution in [0.4, 0.5) is 0 Å². The summed E-state index contributed by atoms with van der Waals surface area (Å²) >= 11 is 12.2. The second-order valence-electron chi connectivity index (χ2n) is 6.87. The van der Waals surface area contributed by atoms with Crippen molar-refractivity contribution < 1.29 is 4.79 Å². The van der Waals surface area contributed by atoms with E-state index in [2.05, 4.69) is 24.0 Å². The zero-order chi connectivity index (χ0) is 18.5. The maximum absolute atomic E-state index is 12.5. The van der Waals surface area contributed by atoms with E-state index in [0.717, 1.165) is 55.3 Å². The summed E-state index contributed by atoms with van der Waals surface area (Å²) in [7, 11) is 0. The fourth-order valence-electron chi connectivity index (χ4n) is 3.22. The lowest BCUT2D eigenvalue weighted by atomic mass is 10.1. The van der Waals surface area contributed by atoms with Crippen LogP contribution in [-0.4, -0.2) is 48.4 Å². The molecule has 0 N–H and O–H groups in total. The number of hydrogen-bond donors (Lipinski definition) is 0. The molecular weight excluding hydrogens is 367 g/mol. The molecule has 1 amide bonds. The van der Waals surface area contributed by atoms with E-state index in [0.29, 0.717) is 11.4 Å². The first-order chi connectivity index (χ1) is 12.5. The molecule has 138 valence electrons. The monoisotopic (exact) mass is 390 g/mol. The van der Waals surface area contributed by atoms with E-state index in [4.69, 9.17) is 23.2 Å².